The Bertz CT molecular complexity index is 626. The lowest BCUT2D eigenvalue weighted by Crippen LogP contribution is -2.02. The van der Waals surface area contributed by atoms with Crippen LogP contribution in [-0.2, 0) is 0 Å². The SMILES string of the molecule is O=C(c1ccc(OC2CC2)cc1)c1cc(Cl)cc(Cl)c1. The molecule has 2 nitrogen and oxygen atoms in total. The smallest absolute Gasteiger partial charge is 0.193 e. The minimum atomic E-state index is -0.104. The summed E-state index contributed by atoms with van der Waals surface area (Å²) in [5, 5.41) is 0.907. The molecule has 0 spiro atoms. The first kappa shape index (κ1) is 13.5. The highest BCUT2D eigenvalue weighted by Crippen LogP contribution is 2.27. The van der Waals surface area contributed by atoms with E-state index >= 15 is 0 Å². The van der Waals surface area contributed by atoms with Gasteiger partial charge in [0.1, 0.15) is 5.75 Å². The predicted octanol–water partition coefficient (Wildman–Crippen LogP) is 4.77. The average molecular weight is 307 g/mol. The van der Waals surface area contributed by atoms with E-state index in [4.69, 9.17) is 27.9 Å². The summed E-state index contributed by atoms with van der Waals surface area (Å²) in [7, 11) is 0. The van der Waals surface area contributed by atoms with E-state index in [1.807, 2.05) is 12.1 Å². The third-order valence-electron chi connectivity index (χ3n) is 3.07. The summed E-state index contributed by atoms with van der Waals surface area (Å²) in [5.74, 6) is 0.695. The van der Waals surface area contributed by atoms with Crippen molar-refractivity contribution < 1.29 is 9.53 Å². The molecular formula is C16H12Cl2O2. The minimum absolute atomic E-state index is 0.104. The molecular weight excluding hydrogens is 295 g/mol. The van der Waals surface area contributed by atoms with Crippen molar-refractivity contribution in [2.45, 2.75) is 18.9 Å². The summed E-state index contributed by atoms with van der Waals surface area (Å²) in [6, 6.07) is 12.0. The van der Waals surface area contributed by atoms with Gasteiger partial charge in [0, 0.05) is 21.2 Å². The Kier molecular flexibility index (Phi) is 3.68. The van der Waals surface area contributed by atoms with Crippen molar-refractivity contribution in [3.05, 3.63) is 63.6 Å². The molecule has 0 bridgehead atoms. The second kappa shape index (κ2) is 5.47. The Morgan fingerprint density at radius 1 is 0.950 bits per heavy atom. The van der Waals surface area contributed by atoms with Crippen molar-refractivity contribution in [2.75, 3.05) is 0 Å². The molecule has 0 heterocycles. The van der Waals surface area contributed by atoms with Gasteiger partial charge in [0.05, 0.1) is 6.10 Å². The molecule has 1 aliphatic rings. The molecule has 0 saturated heterocycles. The van der Waals surface area contributed by atoms with Crippen LogP contribution in [0.25, 0.3) is 0 Å². The Labute approximate surface area is 127 Å². The van der Waals surface area contributed by atoms with Crippen molar-refractivity contribution >= 4 is 29.0 Å². The van der Waals surface area contributed by atoms with E-state index in [9.17, 15) is 4.79 Å². The van der Waals surface area contributed by atoms with Crippen molar-refractivity contribution in [3.8, 4) is 5.75 Å². The maximum atomic E-state index is 12.3. The molecule has 2 aromatic rings. The molecule has 0 N–H and O–H groups in total. The summed E-state index contributed by atoms with van der Waals surface area (Å²) in [6.07, 6.45) is 2.58. The Morgan fingerprint density at radius 2 is 1.55 bits per heavy atom. The molecule has 102 valence electrons. The van der Waals surface area contributed by atoms with Crippen LogP contribution in [0, 0.1) is 0 Å². The third kappa shape index (κ3) is 3.14. The summed E-state index contributed by atoms with van der Waals surface area (Å²) in [4.78, 5) is 12.3. The third-order valence-corrected chi connectivity index (χ3v) is 3.50. The van der Waals surface area contributed by atoms with Crippen LogP contribution in [0.2, 0.25) is 10.0 Å². The molecule has 0 aromatic heterocycles. The molecule has 20 heavy (non-hydrogen) atoms. The van der Waals surface area contributed by atoms with Crippen LogP contribution < -0.4 is 4.74 Å². The van der Waals surface area contributed by atoms with Crippen molar-refractivity contribution in [3.63, 3.8) is 0 Å². The minimum Gasteiger partial charge on any atom is -0.490 e. The first-order valence-electron chi connectivity index (χ1n) is 6.39. The van der Waals surface area contributed by atoms with Gasteiger partial charge in [-0.15, -0.1) is 0 Å². The van der Waals surface area contributed by atoms with E-state index in [2.05, 4.69) is 0 Å². The zero-order chi connectivity index (χ0) is 14.1. The predicted molar refractivity (Wildman–Crippen MR) is 80.0 cm³/mol. The average Bonchev–Trinajstić information content (AvgIpc) is 3.22. The molecule has 0 radical (unpaired) electrons. The number of carbonyl (C=O) groups excluding carboxylic acids is 1. The van der Waals surface area contributed by atoms with Gasteiger partial charge in [-0.05, 0) is 55.3 Å². The quantitative estimate of drug-likeness (QED) is 0.761. The largest absolute Gasteiger partial charge is 0.490 e. The van der Waals surface area contributed by atoms with Crippen LogP contribution in [-0.4, -0.2) is 11.9 Å². The van der Waals surface area contributed by atoms with Crippen molar-refractivity contribution in [1.29, 1.82) is 0 Å². The fraction of sp³-hybridized carbons (Fsp3) is 0.188. The summed E-state index contributed by atoms with van der Waals surface area (Å²) in [5.41, 5.74) is 1.07. The highest BCUT2D eigenvalue weighted by molar-refractivity contribution is 6.35. The van der Waals surface area contributed by atoms with Crippen LogP contribution in [0.5, 0.6) is 5.75 Å². The molecule has 4 heteroatoms. The molecule has 0 atom stereocenters. The van der Waals surface area contributed by atoms with E-state index in [0.29, 0.717) is 27.3 Å². The molecule has 1 saturated carbocycles. The highest BCUT2D eigenvalue weighted by atomic mass is 35.5. The van der Waals surface area contributed by atoms with Gasteiger partial charge in [-0.25, -0.2) is 0 Å². The zero-order valence-corrected chi connectivity index (χ0v) is 12.1. The number of hydrogen-bond donors (Lipinski definition) is 0. The van der Waals surface area contributed by atoms with Gasteiger partial charge in [0.25, 0.3) is 0 Å². The maximum absolute atomic E-state index is 12.3. The molecule has 0 unspecified atom stereocenters. The molecule has 3 rings (SSSR count). The Balaban J connectivity index is 1.81. The lowest BCUT2D eigenvalue weighted by atomic mass is 10.0. The number of rotatable bonds is 4. The normalized spacial score (nSPS) is 14.1. The first-order valence-corrected chi connectivity index (χ1v) is 7.15. The van der Waals surface area contributed by atoms with Crippen LogP contribution in [0.1, 0.15) is 28.8 Å². The van der Waals surface area contributed by atoms with E-state index in [1.165, 1.54) is 0 Å². The van der Waals surface area contributed by atoms with Crippen LogP contribution in [0.4, 0.5) is 0 Å². The fourth-order valence-electron chi connectivity index (χ4n) is 1.91. The standard InChI is InChI=1S/C16H12Cl2O2/c17-12-7-11(8-13(18)9-12)16(19)10-1-3-14(4-2-10)20-15-5-6-15/h1-4,7-9,15H,5-6H2. The van der Waals surface area contributed by atoms with E-state index < -0.39 is 0 Å². The monoisotopic (exact) mass is 306 g/mol. The van der Waals surface area contributed by atoms with Gasteiger partial charge in [0.2, 0.25) is 0 Å². The number of hydrogen-bond acceptors (Lipinski definition) is 2. The van der Waals surface area contributed by atoms with Crippen molar-refractivity contribution in [1.82, 2.24) is 0 Å². The molecule has 1 aliphatic carbocycles. The van der Waals surface area contributed by atoms with Gasteiger partial charge in [0.15, 0.2) is 5.78 Å². The number of halogens is 2. The molecule has 0 amide bonds. The van der Waals surface area contributed by atoms with Gasteiger partial charge < -0.3 is 4.74 Å². The van der Waals surface area contributed by atoms with Gasteiger partial charge in [-0.3, -0.25) is 4.79 Å². The lowest BCUT2D eigenvalue weighted by molar-refractivity contribution is 0.103. The Hall–Kier alpha value is -1.51. The Morgan fingerprint density at radius 3 is 2.10 bits per heavy atom. The van der Waals surface area contributed by atoms with Gasteiger partial charge in [-0.2, -0.15) is 0 Å². The maximum Gasteiger partial charge on any atom is 0.193 e. The highest BCUT2D eigenvalue weighted by Gasteiger charge is 2.23. The molecule has 2 aromatic carbocycles. The van der Waals surface area contributed by atoms with Crippen molar-refractivity contribution in [2.24, 2.45) is 0 Å². The number of ketones is 1. The van der Waals surface area contributed by atoms with E-state index in [1.54, 1.807) is 30.3 Å². The van der Waals surface area contributed by atoms with Crippen LogP contribution in [0.3, 0.4) is 0 Å². The molecule has 0 aliphatic heterocycles. The number of carbonyl (C=O) groups is 1. The topological polar surface area (TPSA) is 26.3 Å². The first-order chi connectivity index (χ1) is 9.61. The number of benzene rings is 2. The second-order valence-electron chi connectivity index (χ2n) is 4.83. The van der Waals surface area contributed by atoms with E-state index in [0.717, 1.165) is 18.6 Å². The van der Waals surface area contributed by atoms with Gasteiger partial charge >= 0.3 is 0 Å². The zero-order valence-electron chi connectivity index (χ0n) is 10.6. The second-order valence-corrected chi connectivity index (χ2v) is 5.70. The summed E-state index contributed by atoms with van der Waals surface area (Å²) < 4.78 is 5.65. The summed E-state index contributed by atoms with van der Waals surface area (Å²) in [6.45, 7) is 0. The van der Waals surface area contributed by atoms with Crippen LogP contribution >= 0.6 is 23.2 Å². The number of ether oxygens (including phenoxy) is 1. The fourth-order valence-corrected chi connectivity index (χ4v) is 2.44. The van der Waals surface area contributed by atoms with E-state index in [-0.39, 0.29) is 5.78 Å². The lowest BCUT2D eigenvalue weighted by Gasteiger charge is -2.06. The summed E-state index contributed by atoms with van der Waals surface area (Å²) >= 11 is 11.8. The van der Waals surface area contributed by atoms with Crippen LogP contribution in [0.15, 0.2) is 42.5 Å². The molecule has 1 fully saturated rings. The van der Waals surface area contributed by atoms with Gasteiger partial charge in [-0.1, -0.05) is 23.2 Å².